The highest BCUT2D eigenvalue weighted by Gasteiger charge is 2.24. The van der Waals surface area contributed by atoms with Gasteiger partial charge >= 0.3 is 0 Å². The molecule has 1 atom stereocenters. The first kappa shape index (κ1) is 15.2. The highest BCUT2D eigenvalue weighted by molar-refractivity contribution is 5.45. The van der Waals surface area contributed by atoms with Crippen LogP contribution >= 0.6 is 0 Å². The van der Waals surface area contributed by atoms with E-state index in [0.29, 0.717) is 12.8 Å². The Balaban J connectivity index is 1.41. The first-order valence-corrected chi connectivity index (χ1v) is 8.38. The van der Waals surface area contributed by atoms with Crippen molar-refractivity contribution in [1.82, 2.24) is 14.9 Å². The first-order chi connectivity index (χ1) is 11.7. The Labute approximate surface area is 142 Å². The molecule has 1 saturated heterocycles. The molecule has 0 N–H and O–H groups in total. The summed E-state index contributed by atoms with van der Waals surface area (Å²) in [6.07, 6.45) is 3.76. The van der Waals surface area contributed by atoms with Gasteiger partial charge in [-0.15, -0.1) is 0 Å². The van der Waals surface area contributed by atoms with Crippen LogP contribution in [0.1, 0.15) is 24.1 Å². The smallest absolute Gasteiger partial charge is 0.231 e. The van der Waals surface area contributed by atoms with Gasteiger partial charge in [0, 0.05) is 44.6 Å². The van der Waals surface area contributed by atoms with E-state index in [1.54, 1.807) is 0 Å². The molecule has 6 heteroatoms. The van der Waals surface area contributed by atoms with Crippen molar-refractivity contribution in [2.45, 2.75) is 19.9 Å². The standard InChI is InChI=1S/C18H22N4O2/c1-13-10-19-18(20-11-13)22-7-5-21(6-8-22)14(2)15-3-4-16-17(9-15)24-12-23-16/h3-4,9-11,14H,5-8,12H2,1-2H3. The monoisotopic (exact) mass is 326 g/mol. The molecule has 1 aromatic carbocycles. The summed E-state index contributed by atoms with van der Waals surface area (Å²) in [6, 6.07) is 6.58. The number of fused-ring (bicyclic) bond motifs is 1. The van der Waals surface area contributed by atoms with Gasteiger partial charge in [-0.1, -0.05) is 6.07 Å². The molecule has 1 unspecified atom stereocenters. The summed E-state index contributed by atoms with van der Waals surface area (Å²) in [5.41, 5.74) is 2.35. The number of benzene rings is 1. The first-order valence-electron chi connectivity index (χ1n) is 8.38. The SMILES string of the molecule is Cc1cnc(N2CCN(C(C)c3ccc4c(c3)OCO4)CC2)nc1. The van der Waals surface area contributed by atoms with Crippen molar-refractivity contribution >= 4 is 5.95 Å². The molecule has 2 aliphatic rings. The van der Waals surface area contributed by atoms with E-state index in [0.717, 1.165) is 49.2 Å². The number of aryl methyl sites for hydroxylation is 1. The lowest BCUT2D eigenvalue weighted by Crippen LogP contribution is -2.47. The van der Waals surface area contributed by atoms with E-state index in [1.807, 2.05) is 25.4 Å². The molecule has 2 aliphatic heterocycles. The van der Waals surface area contributed by atoms with Crippen LogP contribution < -0.4 is 14.4 Å². The molecule has 0 bridgehead atoms. The quantitative estimate of drug-likeness (QED) is 0.863. The predicted molar refractivity (Wildman–Crippen MR) is 91.5 cm³/mol. The van der Waals surface area contributed by atoms with Crippen molar-refractivity contribution in [1.29, 1.82) is 0 Å². The van der Waals surface area contributed by atoms with Gasteiger partial charge in [0.1, 0.15) is 0 Å². The van der Waals surface area contributed by atoms with Crippen LogP contribution in [0.4, 0.5) is 5.95 Å². The number of ether oxygens (including phenoxy) is 2. The Morgan fingerprint density at radius 3 is 2.46 bits per heavy atom. The maximum atomic E-state index is 5.50. The number of piperazine rings is 1. The Morgan fingerprint density at radius 1 is 1.00 bits per heavy atom. The van der Waals surface area contributed by atoms with Gasteiger partial charge in [0.25, 0.3) is 0 Å². The third-order valence-corrected chi connectivity index (χ3v) is 4.79. The molecular formula is C18H22N4O2. The Bertz CT molecular complexity index is 711. The van der Waals surface area contributed by atoms with Gasteiger partial charge in [0.15, 0.2) is 11.5 Å². The summed E-state index contributed by atoms with van der Waals surface area (Å²) >= 11 is 0. The zero-order chi connectivity index (χ0) is 16.5. The maximum absolute atomic E-state index is 5.50. The van der Waals surface area contributed by atoms with Gasteiger partial charge in [0.05, 0.1) is 0 Å². The summed E-state index contributed by atoms with van der Waals surface area (Å²) in [5.74, 6) is 2.52. The van der Waals surface area contributed by atoms with Crippen molar-refractivity contribution < 1.29 is 9.47 Å². The van der Waals surface area contributed by atoms with Crippen LogP contribution in [0.15, 0.2) is 30.6 Å². The van der Waals surface area contributed by atoms with Gasteiger partial charge in [-0.05, 0) is 37.1 Å². The lowest BCUT2D eigenvalue weighted by Gasteiger charge is -2.38. The summed E-state index contributed by atoms with van der Waals surface area (Å²) in [6.45, 7) is 8.45. The van der Waals surface area contributed by atoms with Gasteiger partial charge < -0.3 is 14.4 Å². The van der Waals surface area contributed by atoms with Gasteiger partial charge in [-0.3, -0.25) is 4.90 Å². The van der Waals surface area contributed by atoms with Gasteiger partial charge in [0.2, 0.25) is 12.7 Å². The molecule has 0 amide bonds. The van der Waals surface area contributed by atoms with Crippen LogP contribution in [0.3, 0.4) is 0 Å². The van der Waals surface area contributed by atoms with E-state index < -0.39 is 0 Å². The van der Waals surface area contributed by atoms with Crippen LogP contribution in [-0.2, 0) is 0 Å². The fraction of sp³-hybridized carbons (Fsp3) is 0.444. The minimum absolute atomic E-state index is 0.322. The molecule has 4 rings (SSSR count). The van der Waals surface area contributed by atoms with Crippen LogP contribution in [0.5, 0.6) is 11.5 Å². The molecule has 2 aromatic rings. The summed E-state index contributed by atoms with van der Waals surface area (Å²) in [5, 5.41) is 0. The molecule has 1 fully saturated rings. The van der Waals surface area contributed by atoms with E-state index in [1.165, 1.54) is 5.56 Å². The van der Waals surface area contributed by atoms with Crippen molar-refractivity contribution in [3.8, 4) is 11.5 Å². The topological polar surface area (TPSA) is 50.7 Å². The molecule has 6 nitrogen and oxygen atoms in total. The molecule has 3 heterocycles. The minimum Gasteiger partial charge on any atom is -0.454 e. The fourth-order valence-electron chi connectivity index (χ4n) is 3.24. The normalized spacial score (nSPS) is 18.7. The second kappa shape index (κ2) is 6.28. The average Bonchev–Trinajstić information content (AvgIpc) is 3.09. The maximum Gasteiger partial charge on any atom is 0.231 e. The highest BCUT2D eigenvalue weighted by atomic mass is 16.7. The van der Waals surface area contributed by atoms with E-state index in [-0.39, 0.29) is 0 Å². The van der Waals surface area contributed by atoms with Crippen LogP contribution in [-0.4, -0.2) is 47.8 Å². The van der Waals surface area contributed by atoms with Crippen LogP contribution in [0.2, 0.25) is 0 Å². The molecule has 0 saturated carbocycles. The summed E-state index contributed by atoms with van der Waals surface area (Å²) in [4.78, 5) is 13.6. The summed E-state index contributed by atoms with van der Waals surface area (Å²) < 4.78 is 10.9. The number of nitrogens with zero attached hydrogens (tertiary/aromatic N) is 4. The second-order valence-electron chi connectivity index (χ2n) is 6.37. The summed E-state index contributed by atoms with van der Waals surface area (Å²) in [7, 11) is 0. The van der Waals surface area contributed by atoms with Crippen LogP contribution in [0, 0.1) is 6.92 Å². The largest absolute Gasteiger partial charge is 0.454 e. The lowest BCUT2D eigenvalue weighted by atomic mass is 10.1. The Kier molecular flexibility index (Phi) is 3.98. The zero-order valence-electron chi connectivity index (χ0n) is 14.1. The Hall–Kier alpha value is -2.34. The van der Waals surface area contributed by atoms with Gasteiger partial charge in [-0.25, -0.2) is 9.97 Å². The van der Waals surface area contributed by atoms with Crippen LogP contribution in [0.25, 0.3) is 0 Å². The van der Waals surface area contributed by atoms with Crippen molar-refractivity contribution in [3.63, 3.8) is 0 Å². The van der Waals surface area contributed by atoms with Crippen molar-refractivity contribution in [2.24, 2.45) is 0 Å². The lowest BCUT2D eigenvalue weighted by molar-refractivity contribution is 0.173. The van der Waals surface area contributed by atoms with E-state index in [2.05, 4.69) is 38.8 Å². The van der Waals surface area contributed by atoms with Crippen molar-refractivity contribution in [2.75, 3.05) is 37.9 Å². The van der Waals surface area contributed by atoms with E-state index in [9.17, 15) is 0 Å². The highest BCUT2D eigenvalue weighted by Crippen LogP contribution is 2.35. The third-order valence-electron chi connectivity index (χ3n) is 4.79. The predicted octanol–water partition coefficient (Wildman–Crippen LogP) is 2.40. The van der Waals surface area contributed by atoms with Gasteiger partial charge in [-0.2, -0.15) is 0 Å². The van der Waals surface area contributed by atoms with Crippen molar-refractivity contribution in [3.05, 3.63) is 41.7 Å². The zero-order valence-corrected chi connectivity index (χ0v) is 14.1. The third kappa shape index (κ3) is 2.89. The minimum atomic E-state index is 0.322. The number of hydrogen-bond acceptors (Lipinski definition) is 6. The second-order valence-corrected chi connectivity index (χ2v) is 6.37. The fourth-order valence-corrected chi connectivity index (χ4v) is 3.24. The number of rotatable bonds is 3. The Morgan fingerprint density at radius 2 is 1.71 bits per heavy atom. The molecular weight excluding hydrogens is 304 g/mol. The average molecular weight is 326 g/mol. The number of hydrogen-bond donors (Lipinski definition) is 0. The van der Waals surface area contributed by atoms with E-state index in [4.69, 9.17) is 9.47 Å². The molecule has 0 radical (unpaired) electrons. The number of anilines is 1. The molecule has 1 aromatic heterocycles. The molecule has 24 heavy (non-hydrogen) atoms. The molecule has 126 valence electrons. The molecule has 0 spiro atoms. The number of aromatic nitrogens is 2. The van der Waals surface area contributed by atoms with E-state index >= 15 is 0 Å². The molecule has 0 aliphatic carbocycles.